The molecule has 1 aliphatic carbocycles. The van der Waals surface area contributed by atoms with Gasteiger partial charge in [-0.25, -0.2) is 0 Å². The molecule has 1 fully saturated rings. The highest BCUT2D eigenvalue weighted by Gasteiger charge is 2.56. The van der Waals surface area contributed by atoms with Crippen LogP contribution in [0.1, 0.15) is 66.7 Å². The van der Waals surface area contributed by atoms with E-state index < -0.39 is 0 Å². The molecule has 2 unspecified atom stereocenters. The third-order valence-corrected chi connectivity index (χ3v) is 4.19. The molecule has 0 aromatic carbocycles. The van der Waals surface area contributed by atoms with Crippen LogP contribution in [0, 0.1) is 16.7 Å². The Hall–Kier alpha value is 0. The van der Waals surface area contributed by atoms with Gasteiger partial charge in [-0.05, 0) is 29.6 Å². The molecule has 0 radical (unpaired) electrons. The van der Waals surface area contributed by atoms with E-state index >= 15 is 0 Å². The maximum atomic E-state index is 2.47. The number of rotatable bonds is 5. The van der Waals surface area contributed by atoms with Crippen molar-refractivity contribution in [3.8, 4) is 0 Å². The van der Waals surface area contributed by atoms with E-state index in [0.717, 1.165) is 5.92 Å². The van der Waals surface area contributed by atoms with E-state index in [9.17, 15) is 0 Å². The number of unbranched alkanes of at least 4 members (excludes halogenated alkanes) is 1. The molecule has 78 valence electrons. The zero-order valence-corrected chi connectivity index (χ0v) is 10.1. The maximum absolute atomic E-state index is 2.47. The Kier molecular flexibility index (Phi) is 3.09. The van der Waals surface area contributed by atoms with Crippen molar-refractivity contribution in [1.29, 1.82) is 0 Å². The fourth-order valence-electron chi connectivity index (χ4n) is 2.70. The van der Waals surface area contributed by atoms with Gasteiger partial charge in [0.05, 0.1) is 0 Å². The fourth-order valence-corrected chi connectivity index (χ4v) is 2.70. The van der Waals surface area contributed by atoms with Crippen LogP contribution < -0.4 is 0 Å². The summed E-state index contributed by atoms with van der Waals surface area (Å²) in [7, 11) is 0. The largest absolute Gasteiger partial charge is 0.0654 e. The lowest BCUT2D eigenvalue weighted by atomic mass is 9.86. The van der Waals surface area contributed by atoms with Crippen molar-refractivity contribution >= 4 is 0 Å². The molecule has 0 aromatic heterocycles. The van der Waals surface area contributed by atoms with Crippen LogP contribution in [0.15, 0.2) is 0 Å². The minimum Gasteiger partial charge on any atom is -0.0654 e. The van der Waals surface area contributed by atoms with Crippen LogP contribution in [0.3, 0.4) is 0 Å². The van der Waals surface area contributed by atoms with Gasteiger partial charge in [0.2, 0.25) is 0 Å². The molecule has 0 aromatic rings. The summed E-state index contributed by atoms with van der Waals surface area (Å²) in [6.45, 7) is 12.0. The molecule has 1 saturated carbocycles. The molecule has 0 N–H and O–H groups in total. The van der Waals surface area contributed by atoms with E-state index in [1.54, 1.807) is 0 Å². The molecule has 0 amide bonds. The van der Waals surface area contributed by atoms with Crippen LogP contribution in [-0.2, 0) is 0 Å². The maximum Gasteiger partial charge on any atom is -0.0267 e. The van der Waals surface area contributed by atoms with Crippen LogP contribution >= 0.6 is 0 Å². The smallest absolute Gasteiger partial charge is 0.0267 e. The minimum absolute atomic E-state index is 0.632. The van der Waals surface area contributed by atoms with Crippen molar-refractivity contribution < 1.29 is 0 Å². The Bertz CT molecular complexity index is 169. The summed E-state index contributed by atoms with van der Waals surface area (Å²) in [5.74, 6) is 0.937. The minimum atomic E-state index is 0.632. The lowest BCUT2D eigenvalue weighted by Crippen LogP contribution is -2.09. The molecule has 2 atom stereocenters. The van der Waals surface area contributed by atoms with E-state index in [-0.39, 0.29) is 0 Å². The van der Waals surface area contributed by atoms with Crippen molar-refractivity contribution in [3.05, 3.63) is 0 Å². The highest BCUT2D eigenvalue weighted by Crippen LogP contribution is 2.66. The van der Waals surface area contributed by atoms with Gasteiger partial charge in [0.15, 0.2) is 0 Å². The third-order valence-electron chi connectivity index (χ3n) is 4.19. The van der Waals surface area contributed by atoms with Crippen molar-refractivity contribution in [3.63, 3.8) is 0 Å². The molecule has 0 aliphatic heterocycles. The highest BCUT2D eigenvalue weighted by atomic mass is 14.6. The van der Waals surface area contributed by atoms with E-state index in [1.807, 2.05) is 0 Å². The Morgan fingerprint density at radius 1 is 1.23 bits per heavy atom. The molecule has 0 bridgehead atoms. The third kappa shape index (κ3) is 2.48. The summed E-state index contributed by atoms with van der Waals surface area (Å²) in [6.07, 6.45) is 7.08. The topological polar surface area (TPSA) is 0 Å². The van der Waals surface area contributed by atoms with Gasteiger partial charge >= 0.3 is 0 Å². The van der Waals surface area contributed by atoms with Crippen LogP contribution in [0.25, 0.3) is 0 Å². The van der Waals surface area contributed by atoms with Gasteiger partial charge in [0.1, 0.15) is 0 Å². The van der Waals surface area contributed by atoms with Gasteiger partial charge in [-0.15, -0.1) is 0 Å². The van der Waals surface area contributed by atoms with Gasteiger partial charge in [-0.2, -0.15) is 0 Å². The molecule has 1 aliphatic rings. The predicted molar refractivity (Wildman–Crippen MR) is 59.8 cm³/mol. The van der Waals surface area contributed by atoms with E-state index in [4.69, 9.17) is 0 Å². The van der Waals surface area contributed by atoms with Gasteiger partial charge in [0.25, 0.3) is 0 Å². The Balaban J connectivity index is 2.26. The van der Waals surface area contributed by atoms with Gasteiger partial charge in [-0.3, -0.25) is 0 Å². The fraction of sp³-hybridized carbons (Fsp3) is 1.00. The lowest BCUT2D eigenvalue weighted by Gasteiger charge is -2.19. The highest BCUT2D eigenvalue weighted by molar-refractivity contribution is 5.06. The molecule has 0 spiro atoms. The number of hydrogen-bond acceptors (Lipinski definition) is 0. The van der Waals surface area contributed by atoms with Gasteiger partial charge in [0, 0.05) is 0 Å². The molecule has 1 rings (SSSR count). The molecule has 0 saturated heterocycles. The summed E-state index contributed by atoms with van der Waals surface area (Å²) in [4.78, 5) is 0. The van der Waals surface area contributed by atoms with Gasteiger partial charge < -0.3 is 0 Å². The molecule has 13 heavy (non-hydrogen) atoms. The van der Waals surface area contributed by atoms with Crippen molar-refractivity contribution in [1.82, 2.24) is 0 Å². The molecule has 0 nitrogen and oxygen atoms in total. The standard InChI is InChI=1S/C13H26/c1-6-7-8-11(2)9-13(5)10-12(13,3)4/h11H,6-10H2,1-5H3. The average molecular weight is 182 g/mol. The lowest BCUT2D eigenvalue weighted by molar-refractivity contribution is 0.312. The Labute approximate surface area is 84.1 Å². The Morgan fingerprint density at radius 2 is 1.77 bits per heavy atom. The van der Waals surface area contributed by atoms with E-state index in [2.05, 4.69) is 34.6 Å². The second-order valence-electron chi connectivity index (χ2n) is 6.07. The summed E-state index contributed by atoms with van der Waals surface area (Å²) in [6, 6.07) is 0. The zero-order chi connectivity index (χ0) is 10.1. The first-order valence-corrected chi connectivity index (χ1v) is 5.91. The predicted octanol–water partition coefficient (Wildman–Crippen LogP) is 4.64. The molecular weight excluding hydrogens is 156 g/mol. The van der Waals surface area contributed by atoms with E-state index in [0.29, 0.717) is 10.8 Å². The quantitative estimate of drug-likeness (QED) is 0.581. The van der Waals surface area contributed by atoms with Crippen LogP contribution in [0.4, 0.5) is 0 Å². The van der Waals surface area contributed by atoms with Crippen molar-refractivity contribution in [2.24, 2.45) is 16.7 Å². The molecular formula is C13H26. The summed E-state index contributed by atoms with van der Waals surface area (Å²) >= 11 is 0. The van der Waals surface area contributed by atoms with Crippen LogP contribution in [0.2, 0.25) is 0 Å². The van der Waals surface area contributed by atoms with E-state index in [1.165, 1.54) is 32.1 Å². The number of hydrogen-bond donors (Lipinski definition) is 0. The summed E-state index contributed by atoms with van der Waals surface area (Å²) in [5, 5.41) is 0. The Morgan fingerprint density at radius 3 is 2.15 bits per heavy atom. The van der Waals surface area contributed by atoms with Crippen molar-refractivity contribution in [2.75, 3.05) is 0 Å². The summed E-state index contributed by atoms with van der Waals surface area (Å²) < 4.78 is 0. The second-order valence-corrected chi connectivity index (χ2v) is 6.07. The van der Waals surface area contributed by atoms with Crippen LogP contribution in [0.5, 0.6) is 0 Å². The first kappa shape index (κ1) is 11.1. The summed E-state index contributed by atoms with van der Waals surface area (Å²) in [5.41, 5.74) is 1.30. The van der Waals surface area contributed by atoms with Crippen LogP contribution in [-0.4, -0.2) is 0 Å². The monoisotopic (exact) mass is 182 g/mol. The first-order valence-electron chi connectivity index (χ1n) is 5.91. The first-order chi connectivity index (χ1) is 5.91. The normalized spacial score (nSPS) is 33.0. The molecule has 0 heterocycles. The zero-order valence-electron chi connectivity index (χ0n) is 10.1. The van der Waals surface area contributed by atoms with Gasteiger partial charge in [-0.1, -0.05) is 53.9 Å². The average Bonchev–Trinajstić information content (AvgIpc) is 2.46. The second kappa shape index (κ2) is 3.63. The SMILES string of the molecule is CCCCC(C)CC1(C)CC1(C)C. The van der Waals surface area contributed by atoms with Crippen molar-refractivity contribution in [2.45, 2.75) is 66.7 Å². The molecule has 0 heteroatoms.